The van der Waals surface area contributed by atoms with E-state index >= 15 is 0 Å². The first kappa shape index (κ1) is 16.5. The van der Waals surface area contributed by atoms with E-state index in [-0.39, 0.29) is 11.3 Å². The van der Waals surface area contributed by atoms with E-state index < -0.39 is 0 Å². The Morgan fingerprint density at radius 2 is 1.96 bits per heavy atom. The number of hydrogen-bond acceptors (Lipinski definition) is 4. The molecular formula is C18H29N3O2. The summed E-state index contributed by atoms with van der Waals surface area (Å²) in [5.74, 6) is 1.95. The Kier molecular flexibility index (Phi) is 4.50. The monoisotopic (exact) mass is 319 g/mol. The van der Waals surface area contributed by atoms with Crippen molar-refractivity contribution in [3.63, 3.8) is 0 Å². The third kappa shape index (κ3) is 3.44. The van der Waals surface area contributed by atoms with Crippen molar-refractivity contribution in [1.82, 2.24) is 14.8 Å². The van der Waals surface area contributed by atoms with Crippen LogP contribution in [-0.2, 0) is 16.8 Å². The van der Waals surface area contributed by atoms with Gasteiger partial charge in [-0.05, 0) is 32.2 Å². The summed E-state index contributed by atoms with van der Waals surface area (Å²) in [5.41, 5.74) is -0.00740. The minimum atomic E-state index is -0.00740. The van der Waals surface area contributed by atoms with Crippen LogP contribution in [0.3, 0.4) is 0 Å². The van der Waals surface area contributed by atoms with Crippen LogP contribution in [0.2, 0.25) is 0 Å². The minimum Gasteiger partial charge on any atom is -0.444 e. The molecule has 23 heavy (non-hydrogen) atoms. The van der Waals surface area contributed by atoms with Gasteiger partial charge in [0, 0.05) is 31.0 Å². The van der Waals surface area contributed by atoms with Crippen molar-refractivity contribution < 1.29 is 9.21 Å². The van der Waals surface area contributed by atoms with Gasteiger partial charge in [0.2, 0.25) is 11.8 Å². The lowest BCUT2D eigenvalue weighted by molar-refractivity contribution is -0.130. The maximum absolute atomic E-state index is 11.9. The first-order chi connectivity index (χ1) is 10.9. The molecule has 0 spiro atoms. The number of carbonyl (C=O) groups is 1. The molecule has 0 unspecified atom stereocenters. The van der Waals surface area contributed by atoms with Crippen LogP contribution in [-0.4, -0.2) is 45.9 Å². The third-order valence-corrected chi connectivity index (χ3v) is 5.19. The number of carbonyl (C=O) groups excluding carboxylic acids is 1. The molecule has 1 aromatic heterocycles. The van der Waals surface area contributed by atoms with Crippen LogP contribution in [0.4, 0.5) is 0 Å². The molecule has 0 saturated carbocycles. The number of rotatable bonds is 3. The Balaban J connectivity index is 1.70. The van der Waals surface area contributed by atoms with Crippen LogP contribution >= 0.6 is 0 Å². The zero-order valence-corrected chi connectivity index (χ0v) is 14.8. The van der Waals surface area contributed by atoms with E-state index in [1.165, 1.54) is 12.8 Å². The van der Waals surface area contributed by atoms with E-state index in [2.05, 4.69) is 35.6 Å². The van der Waals surface area contributed by atoms with Gasteiger partial charge < -0.3 is 9.32 Å². The van der Waals surface area contributed by atoms with Gasteiger partial charge >= 0.3 is 0 Å². The maximum Gasteiger partial charge on any atom is 0.219 e. The summed E-state index contributed by atoms with van der Waals surface area (Å²) in [6, 6.07) is 0.818. The Bertz CT molecular complexity index is 561. The molecule has 3 heterocycles. The zero-order valence-electron chi connectivity index (χ0n) is 14.8. The van der Waals surface area contributed by atoms with Gasteiger partial charge in [0.15, 0.2) is 0 Å². The van der Waals surface area contributed by atoms with Crippen molar-refractivity contribution in [3.8, 4) is 0 Å². The van der Waals surface area contributed by atoms with Crippen molar-refractivity contribution >= 4 is 5.91 Å². The van der Waals surface area contributed by atoms with E-state index in [0.29, 0.717) is 12.1 Å². The molecule has 0 radical (unpaired) electrons. The largest absolute Gasteiger partial charge is 0.444 e. The molecule has 2 atom stereocenters. The molecule has 0 aliphatic carbocycles. The lowest BCUT2D eigenvalue weighted by atomic mass is 9.94. The molecule has 1 aromatic rings. The summed E-state index contributed by atoms with van der Waals surface area (Å²) >= 11 is 0. The van der Waals surface area contributed by atoms with E-state index in [1.807, 2.05) is 6.20 Å². The first-order valence-corrected chi connectivity index (χ1v) is 8.82. The summed E-state index contributed by atoms with van der Waals surface area (Å²) in [6.07, 6.45) is 6.47. The normalized spacial score (nSPS) is 26.2. The SMILES string of the molecule is CC(=O)N1CCC[C@H]1[C@H]1CCCN1Cc1ncc(C(C)(C)C)o1. The number of oxazole rings is 1. The van der Waals surface area contributed by atoms with Gasteiger partial charge in [-0.2, -0.15) is 0 Å². The maximum atomic E-state index is 11.9. The third-order valence-electron chi connectivity index (χ3n) is 5.19. The second-order valence-corrected chi connectivity index (χ2v) is 7.97. The second-order valence-electron chi connectivity index (χ2n) is 7.97. The van der Waals surface area contributed by atoms with Crippen molar-refractivity contribution in [2.24, 2.45) is 0 Å². The highest BCUT2D eigenvalue weighted by Gasteiger charge is 2.39. The van der Waals surface area contributed by atoms with Crippen molar-refractivity contribution in [2.45, 2.75) is 77.4 Å². The van der Waals surface area contributed by atoms with Gasteiger partial charge in [-0.1, -0.05) is 20.8 Å². The second kappa shape index (κ2) is 6.27. The summed E-state index contributed by atoms with van der Waals surface area (Å²) in [4.78, 5) is 20.9. The van der Waals surface area contributed by atoms with E-state index in [4.69, 9.17) is 4.42 Å². The Morgan fingerprint density at radius 3 is 2.61 bits per heavy atom. The molecule has 0 N–H and O–H groups in total. The summed E-state index contributed by atoms with van der Waals surface area (Å²) in [5, 5.41) is 0. The van der Waals surface area contributed by atoms with Crippen molar-refractivity contribution in [1.29, 1.82) is 0 Å². The fourth-order valence-corrected chi connectivity index (χ4v) is 3.97. The molecule has 0 bridgehead atoms. The Morgan fingerprint density at radius 1 is 1.26 bits per heavy atom. The molecule has 2 saturated heterocycles. The number of hydrogen-bond donors (Lipinski definition) is 0. The lowest BCUT2D eigenvalue weighted by Gasteiger charge is -2.34. The molecule has 128 valence electrons. The number of aromatic nitrogens is 1. The minimum absolute atomic E-state index is 0.00740. The van der Waals surface area contributed by atoms with Crippen LogP contribution in [0.15, 0.2) is 10.6 Å². The van der Waals surface area contributed by atoms with Crippen LogP contribution in [0.25, 0.3) is 0 Å². The lowest BCUT2D eigenvalue weighted by Crippen LogP contribution is -2.47. The Hall–Kier alpha value is -1.36. The highest BCUT2D eigenvalue weighted by molar-refractivity contribution is 5.74. The molecule has 2 aliphatic rings. The smallest absolute Gasteiger partial charge is 0.219 e. The zero-order chi connectivity index (χ0) is 16.6. The molecule has 1 amide bonds. The molecule has 5 heteroatoms. The quantitative estimate of drug-likeness (QED) is 0.859. The van der Waals surface area contributed by atoms with Gasteiger partial charge in [0.25, 0.3) is 0 Å². The number of amides is 1. The standard InChI is InChI=1S/C18H29N3O2/c1-13(22)21-10-6-8-15(21)14-7-5-9-20(14)12-17-19-11-16(23-17)18(2,3)4/h11,14-15H,5-10,12H2,1-4H3/t14-,15+/m1/s1. The topological polar surface area (TPSA) is 49.6 Å². The van der Waals surface area contributed by atoms with Gasteiger partial charge in [-0.15, -0.1) is 0 Å². The summed E-state index contributed by atoms with van der Waals surface area (Å²) in [6.45, 7) is 10.8. The van der Waals surface area contributed by atoms with Crippen molar-refractivity contribution in [2.75, 3.05) is 13.1 Å². The summed E-state index contributed by atoms with van der Waals surface area (Å²) < 4.78 is 5.96. The van der Waals surface area contributed by atoms with Gasteiger partial charge in [0.05, 0.1) is 12.7 Å². The predicted molar refractivity (Wildman–Crippen MR) is 89.0 cm³/mol. The fraction of sp³-hybridized carbons (Fsp3) is 0.778. The van der Waals surface area contributed by atoms with Crippen LogP contribution in [0, 0.1) is 0 Å². The molecular weight excluding hydrogens is 290 g/mol. The number of nitrogens with zero attached hydrogens (tertiary/aromatic N) is 3. The van der Waals surface area contributed by atoms with Crippen LogP contribution < -0.4 is 0 Å². The highest BCUT2D eigenvalue weighted by atomic mass is 16.4. The van der Waals surface area contributed by atoms with E-state index in [9.17, 15) is 4.79 Å². The first-order valence-electron chi connectivity index (χ1n) is 8.82. The van der Waals surface area contributed by atoms with Crippen LogP contribution in [0.5, 0.6) is 0 Å². The van der Waals surface area contributed by atoms with Crippen molar-refractivity contribution in [3.05, 3.63) is 17.8 Å². The fourth-order valence-electron chi connectivity index (χ4n) is 3.97. The van der Waals surface area contributed by atoms with Crippen LogP contribution in [0.1, 0.15) is 65.0 Å². The van der Waals surface area contributed by atoms with Gasteiger partial charge in [-0.3, -0.25) is 9.69 Å². The van der Waals surface area contributed by atoms with E-state index in [0.717, 1.165) is 44.1 Å². The molecule has 5 nitrogen and oxygen atoms in total. The number of likely N-dealkylation sites (tertiary alicyclic amines) is 2. The summed E-state index contributed by atoms with van der Waals surface area (Å²) in [7, 11) is 0. The average Bonchev–Trinajstić information content (AvgIpc) is 3.16. The molecule has 3 rings (SSSR count). The van der Waals surface area contributed by atoms with Gasteiger partial charge in [0.1, 0.15) is 5.76 Å². The van der Waals surface area contributed by atoms with Gasteiger partial charge in [-0.25, -0.2) is 4.98 Å². The average molecular weight is 319 g/mol. The van der Waals surface area contributed by atoms with E-state index in [1.54, 1.807) is 6.92 Å². The predicted octanol–water partition coefficient (Wildman–Crippen LogP) is 2.95. The molecule has 2 fully saturated rings. The Labute approximate surface area is 139 Å². The highest BCUT2D eigenvalue weighted by Crippen LogP contribution is 2.31. The molecule has 2 aliphatic heterocycles. The molecule has 0 aromatic carbocycles.